The van der Waals surface area contributed by atoms with Gasteiger partial charge in [-0.05, 0) is 42.5 Å². The molecule has 0 heterocycles. The lowest BCUT2D eigenvalue weighted by atomic mass is 9.92. The summed E-state index contributed by atoms with van der Waals surface area (Å²) in [4.78, 5) is 14.1. The van der Waals surface area contributed by atoms with Gasteiger partial charge in [0.25, 0.3) is 0 Å². The predicted molar refractivity (Wildman–Crippen MR) is 84.4 cm³/mol. The maximum atomic E-state index is 13.1. The topological polar surface area (TPSA) is 46.3 Å². The minimum absolute atomic E-state index is 0.0767. The first-order chi connectivity index (χ1) is 9.75. The summed E-state index contributed by atoms with van der Waals surface area (Å²) in [5, 5.41) is 0. The number of hydrogen-bond donors (Lipinski definition) is 1. The first-order valence-electron chi connectivity index (χ1n) is 7.44. The third kappa shape index (κ3) is 5.84. The molecule has 4 heteroatoms. The van der Waals surface area contributed by atoms with E-state index in [1.165, 1.54) is 12.1 Å². The van der Waals surface area contributed by atoms with Crippen molar-refractivity contribution in [1.82, 2.24) is 4.90 Å². The largest absolute Gasteiger partial charge is 0.345 e. The molecule has 1 unspecified atom stereocenters. The number of carbonyl (C=O) groups is 1. The molecule has 1 rings (SSSR count). The van der Waals surface area contributed by atoms with Gasteiger partial charge in [-0.2, -0.15) is 0 Å². The molecule has 118 valence electrons. The van der Waals surface area contributed by atoms with Crippen molar-refractivity contribution < 1.29 is 9.18 Å². The second kappa shape index (κ2) is 7.55. The Bertz CT molecular complexity index is 474. The van der Waals surface area contributed by atoms with Crippen LogP contribution < -0.4 is 5.73 Å². The number of hydrogen-bond acceptors (Lipinski definition) is 2. The number of benzene rings is 1. The van der Waals surface area contributed by atoms with E-state index >= 15 is 0 Å². The van der Waals surface area contributed by atoms with Gasteiger partial charge in [0.05, 0.1) is 0 Å². The Morgan fingerprint density at radius 3 is 2.67 bits per heavy atom. The molecule has 0 bridgehead atoms. The van der Waals surface area contributed by atoms with Crippen LogP contribution >= 0.6 is 0 Å². The van der Waals surface area contributed by atoms with Crippen LogP contribution in [-0.2, 0) is 11.2 Å². The minimum Gasteiger partial charge on any atom is -0.345 e. The molecule has 0 radical (unpaired) electrons. The zero-order chi connectivity index (χ0) is 16.0. The lowest BCUT2D eigenvalue weighted by Crippen LogP contribution is -2.41. The van der Waals surface area contributed by atoms with Crippen LogP contribution in [0.25, 0.3) is 0 Å². The average molecular weight is 294 g/mol. The summed E-state index contributed by atoms with van der Waals surface area (Å²) in [6, 6.07) is 6.55. The molecule has 1 amide bonds. The first-order valence-corrected chi connectivity index (χ1v) is 7.44. The summed E-state index contributed by atoms with van der Waals surface area (Å²) < 4.78 is 13.1. The fraction of sp³-hybridized carbons (Fsp3) is 0.588. The highest BCUT2D eigenvalue weighted by atomic mass is 19.1. The van der Waals surface area contributed by atoms with E-state index in [1.54, 1.807) is 11.0 Å². The van der Waals surface area contributed by atoms with Gasteiger partial charge in [0.15, 0.2) is 0 Å². The molecule has 0 aliphatic rings. The summed E-state index contributed by atoms with van der Waals surface area (Å²) in [7, 11) is 1.82. The lowest BCUT2D eigenvalue weighted by Gasteiger charge is -2.30. The number of aryl methyl sites for hydroxylation is 1. The summed E-state index contributed by atoms with van der Waals surface area (Å²) >= 11 is 0. The maximum Gasteiger partial charge on any atom is 0.225 e. The SMILES string of the molecule is CC(CCc1cccc(F)c1)C(=O)N(C)CC(C)(C)CN. The van der Waals surface area contributed by atoms with Crippen molar-refractivity contribution in [2.24, 2.45) is 17.1 Å². The van der Waals surface area contributed by atoms with Gasteiger partial charge in [0.2, 0.25) is 5.91 Å². The van der Waals surface area contributed by atoms with Gasteiger partial charge >= 0.3 is 0 Å². The lowest BCUT2D eigenvalue weighted by molar-refractivity contribution is -0.135. The van der Waals surface area contributed by atoms with E-state index in [0.29, 0.717) is 19.5 Å². The van der Waals surface area contributed by atoms with Gasteiger partial charge in [0.1, 0.15) is 5.82 Å². The zero-order valence-electron chi connectivity index (χ0n) is 13.5. The van der Waals surface area contributed by atoms with Crippen LogP contribution in [-0.4, -0.2) is 30.9 Å². The molecule has 0 aliphatic heterocycles. The zero-order valence-corrected chi connectivity index (χ0v) is 13.5. The summed E-state index contributed by atoms with van der Waals surface area (Å²) in [5.74, 6) is -0.187. The number of carbonyl (C=O) groups excluding carboxylic acids is 1. The molecule has 0 saturated heterocycles. The smallest absolute Gasteiger partial charge is 0.225 e. The highest BCUT2D eigenvalue weighted by Gasteiger charge is 2.24. The molecule has 2 N–H and O–H groups in total. The molecule has 1 atom stereocenters. The Morgan fingerprint density at radius 2 is 2.10 bits per heavy atom. The third-order valence-corrected chi connectivity index (χ3v) is 3.77. The molecule has 0 aliphatic carbocycles. The van der Waals surface area contributed by atoms with Crippen molar-refractivity contribution in [3.63, 3.8) is 0 Å². The fourth-order valence-corrected chi connectivity index (χ4v) is 2.36. The molecule has 3 nitrogen and oxygen atoms in total. The first kappa shape index (κ1) is 17.6. The van der Waals surface area contributed by atoms with Crippen molar-refractivity contribution in [2.75, 3.05) is 20.1 Å². The average Bonchev–Trinajstić information content (AvgIpc) is 2.43. The van der Waals surface area contributed by atoms with Crippen LogP contribution in [0.4, 0.5) is 4.39 Å². The monoisotopic (exact) mass is 294 g/mol. The molecule has 1 aromatic rings. The van der Waals surface area contributed by atoms with Crippen molar-refractivity contribution in [1.29, 1.82) is 0 Å². The fourth-order valence-electron chi connectivity index (χ4n) is 2.36. The van der Waals surface area contributed by atoms with Gasteiger partial charge in [-0.3, -0.25) is 4.79 Å². The highest BCUT2D eigenvalue weighted by Crippen LogP contribution is 2.17. The van der Waals surface area contributed by atoms with E-state index in [-0.39, 0.29) is 23.1 Å². The normalized spacial score (nSPS) is 13.0. The molecule has 0 spiro atoms. The summed E-state index contributed by atoms with van der Waals surface area (Å²) in [6.45, 7) is 7.21. The van der Waals surface area contributed by atoms with E-state index in [2.05, 4.69) is 0 Å². The number of amides is 1. The second-order valence-corrected chi connectivity index (χ2v) is 6.63. The van der Waals surface area contributed by atoms with Crippen LogP contribution in [0.1, 0.15) is 32.8 Å². The Hall–Kier alpha value is -1.42. The van der Waals surface area contributed by atoms with Gasteiger partial charge in [-0.25, -0.2) is 4.39 Å². The number of rotatable bonds is 7. The van der Waals surface area contributed by atoms with Crippen LogP contribution in [0, 0.1) is 17.2 Å². The van der Waals surface area contributed by atoms with Crippen LogP contribution in [0.15, 0.2) is 24.3 Å². The number of halogens is 1. The Labute approximate surface area is 127 Å². The number of nitrogens with zero attached hydrogens (tertiary/aromatic N) is 1. The molecule has 0 fully saturated rings. The molecule has 1 aromatic carbocycles. The molecule has 21 heavy (non-hydrogen) atoms. The second-order valence-electron chi connectivity index (χ2n) is 6.63. The quantitative estimate of drug-likeness (QED) is 0.840. The van der Waals surface area contributed by atoms with E-state index in [4.69, 9.17) is 5.73 Å². The predicted octanol–water partition coefficient (Wildman–Crippen LogP) is 2.84. The van der Waals surface area contributed by atoms with Gasteiger partial charge in [-0.15, -0.1) is 0 Å². The Morgan fingerprint density at radius 1 is 1.43 bits per heavy atom. The van der Waals surface area contributed by atoms with Crippen molar-refractivity contribution in [3.8, 4) is 0 Å². The summed E-state index contributed by atoms with van der Waals surface area (Å²) in [6.07, 6.45) is 1.43. The van der Waals surface area contributed by atoms with Crippen molar-refractivity contribution in [2.45, 2.75) is 33.6 Å². The van der Waals surface area contributed by atoms with E-state index < -0.39 is 0 Å². The van der Waals surface area contributed by atoms with Crippen molar-refractivity contribution >= 4 is 5.91 Å². The van der Waals surface area contributed by atoms with Gasteiger partial charge < -0.3 is 10.6 Å². The maximum absolute atomic E-state index is 13.1. The van der Waals surface area contributed by atoms with E-state index in [9.17, 15) is 9.18 Å². The van der Waals surface area contributed by atoms with Crippen LogP contribution in [0.3, 0.4) is 0 Å². The van der Waals surface area contributed by atoms with Crippen molar-refractivity contribution in [3.05, 3.63) is 35.6 Å². The molecule has 0 saturated carbocycles. The highest BCUT2D eigenvalue weighted by molar-refractivity contribution is 5.78. The minimum atomic E-state index is -0.228. The third-order valence-electron chi connectivity index (χ3n) is 3.77. The molecular weight excluding hydrogens is 267 g/mol. The van der Waals surface area contributed by atoms with Gasteiger partial charge in [0, 0.05) is 19.5 Å². The number of nitrogens with two attached hydrogens (primary N) is 1. The van der Waals surface area contributed by atoms with E-state index in [1.807, 2.05) is 33.9 Å². The van der Waals surface area contributed by atoms with Crippen LogP contribution in [0.5, 0.6) is 0 Å². The van der Waals surface area contributed by atoms with Crippen LogP contribution in [0.2, 0.25) is 0 Å². The molecule has 0 aromatic heterocycles. The Kier molecular flexibility index (Phi) is 6.34. The Balaban J connectivity index is 2.51. The summed E-state index contributed by atoms with van der Waals surface area (Å²) in [5.41, 5.74) is 6.56. The molecular formula is C17H27FN2O. The van der Waals surface area contributed by atoms with Gasteiger partial charge in [-0.1, -0.05) is 32.9 Å². The standard InChI is InChI=1S/C17H27FN2O/c1-13(8-9-14-6-5-7-15(18)10-14)16(21)20(4)12-17(2,3)11-19/h5-7,10,13H,8-9,11-12,19H2,1-4H3. The van der Waals surface area contributed by atoms with E-state index in [0.717, 1.165) is 12.0 Å².